The molecule has 3 rings (SSSR count). The van der Waals surface area contributed by atoms with Crippen LogP contribution < -0.4 is 9.47 Å². The number of nitro groups is 1. The number of carbonyl (C=O) groups is 1. The molecule has 0 aromatic heterocycles. The third-order valence-corrected chi connectivity index (χ3v) is 3.84. The van der Waals surface area contributed by atoms with Crippen LogP contribution in [0.3, 0.4) is 0 Å². The lowest BCUT2D eigenvalue weighted by atomic mass is 10.2. The Balaban J connectivity index is 1.73. The summed E-state index contributed by atoms with van der Waals surface area (Å²) in [5, 5.41) is 11.1. The molecule has 2 aromatic carbocycles. The summed E-state index contributed by atoms with van der Waals surface area (Å²) in [6.07, 6.45) is 0. The number of hydrogen-bond acceptors (Lipinski definition) is 6. The number of nitro benzene ring substituents is 1. The van der Waals surface area contributed by atoms with Gasteiger partial charge < -0.3 is 14.2 Å². The highest BCUT2D eigenvalue weighted by atomic mass is 35.5. The van der Waals surface area contributed by atoms with Gasteiger partial charge in [0.05, 0.1) is 15.5 Å². The molecule has 0 unspecified atom stereocenters. The van der Waals surface area contributed by atoms with Gasteiger partial charge in [-0.1, -0.05) is 23.2 Å². The first-order chi connectivity index (χ1) is 11.5. The van der Waals surface area contributed by atoms with Crippen LogP contribution in [0.1, 0.15) is 15.9 Å². The molecule has 0 fully saturated rings. The summed E-state index contributed by atoms with van der Waals surface area (Å²) < 4.78 is 15.6. The van der Waals surface area contributed by atoms with Crippen molar-refractivity contribution >= 4 is 34.9 Å². The van der Waals surface area contributed by atoms with E-state index in [0.717, 1.165) is 6.07 Å². The van der Waals surface area contributed by atoms with Gasteiger partial charge in [0.15, 0.2) is 11.5 Å². The molecule has 0 amide bonds. The van der Waals surface area contributed by atoms with Crippen LogP contribution in [0.15, 0.2) is 30.3 Å². The van der Waals surface area contributed by atoms with Crippen molar-refractivity contribution in [2.24, 2.45) is 0 Å². The van der Waals surface area contributed by atoms with Crippen LogP contribution in [-0.2, 0) is 11.3 Å². The van der Waals surface area contributed by atoms with E-state index < -0.39 is 10.9 Å². The number of nitrogens with zero attached hydrogens (tertiary/aromatic N) is 1. The first-order valence-electron chi connectivity index (χ1n) is 6.65. The molecule has 0 radical (unpaired) electrons. The summed E-state index contributed by atoms with van der Waals surface area (Å²) in [4.78, 5) is 22.2. The van der Waals surface area contributed by atoms with Gasteiger partial charge in [0.25, 0.3) is 5.69 Å². The van der Waals surface area contributed by atoms with Gasteiger partial charge in [-0.3, -0.25) is 10.1 Å². The van der Waals surface area contributed by atoms with Crippen LogP contribution in [0, 0.1) is 10.1 Å². The summed E-state index contributed by atoms with van der Waals surface area (Å²) in [5.41, 5.74) is 0.260. The van der Waals surface area contributed by atoms with Gasteiger partial charge >= 0.3 is 5.97 Å². The summed E-state index contributed by atoms with van der Waals surface area (Å²) in [6.45, 7) is -0.00163. The first kappa shape index (κ1) is 16.4. The van der Waals surface area contributed by atoms with Crippen molar-refractivity contribution in [1.29, 1.82) is 0 Å². The largest absolute Gasteiger partial charge is 0.457 e. The number of rotatable bonds is 4. The zero-order chi connectivity index (χ0) is 17.3. The van der Waals surface area contributed by atoms with Crippen molar-refractivity contribution in [3.8, 4) is 11.5 Å². The van der Waals surface area contributed by atoms with E-state index in [9.17, 15) is 14.9 Å². The Morgan fingerprint density at radius 1 is 1.21 bits per heavy atom. The van der Waals surface area contributed by atoms with E-state index in [0.29, 0.717) is 22.1 Å². The Bertz CT molecular complexity index is 839. The quantitative estimate of drug-likeness (QED) is 0.460. The Labute approximate surface area is 145 Å². The molecule has 7 nitrogen and oxygen atoms in total. The van der Waals surface area contributed by atoms with Gasteiger partial charge in [0, 0.05) is 6.07 Å². The van der Waals surface area contributed by atoms with Gasteiger partial charge in [-0.15, -0.1) is 0 Å². The van der Waals surface area contributed by atoms with Crippen molar-refractivity contribution in [3.63, 3.8) is 0 Å². The van der Waals surface area contributed by atoms with Crippen molar-refractivity contribution < 1.29 is 23.9 Å². The Morgan fingerprint density at radius 3 is 2.75 bits per heavy atom. The second-order valence-electron chi connectivity index (χ2n) is 4.81. The Hall–Kier alpha value is -2.51. The van der Waals surface area contributed by atoms with Gasteiger partial charge in [0.2, 0.25) is 6.79 Å². The molecular weight excluding hydrogens is 361 g/mol. The summed E-state index contributed by atoms with van der Waals surface area (Å²) in [7, 11) is 0. The minimum absolute atomic E-state index is 0.0259. The van der Waals surface area contributed by atoms with Crippen LogP contribution in [0.2, 0.25) is 10.0 Å². The maximum Gasteiger partial charge on any atom is 0.338 e. The van der Waals surface area contributed by atoms with Gasteiger partial charge in [-0.2, -0.15) is 0 Å². The lowest BCUT2D eigenvalue weighted by molar-refractivity contribution is -0.384. The lowest BCUT2D eigenvalue weighted by Gasteiger charge is -2.07. The number of carbonyl (C=O) groups excluding carboxylic acids is 1. The monoisotopic (exact) mass is 369 g/mol. The topological polar surface area (TPSA) is 87.9 Å². The molecule has 1 heterocycles. The fourth-order valence-electron chi connectivity index (χ4n) is 2.12. The average Bonchev–Trinajstić information content (AvgIpc) is 3.02. The minimum Gasteiger partial charge on any atom is -0.457 e. The SMILES string of the molecule is O=C(OCc1cc(Cl)c2c(c1)OCO2)c1ccc(Cl)c([N+](=O)[O-])c1. The predicted octanol–water partition coefficient (Wildman–Crippen LogP) is 3.99. The first-order valence-corrected chi connectivity index (χ1v) is 7.40. The average molecular weight is 370 g/mol. The minimum atomic E-state index is -0.719. The molecule has 0 saturated heterocycles. The zero-order valence-electron chi connectivity index (χ0n) is 12.0. The molecule has 1 aliphatic rings. The Kier molecular flexibility index (Phi) is 4.46. The second-order valence-corrected chi connectivity index (χ2v) is 5.63. The molecule has 0 bridgehead atoms. The third-order valence-electron chi connectivity index (χ3n) is 3.24. The van der Waals surface area contributed by atoms with Gasteiger partial charge in [-0.05, 0) is 29.8 Å². The number of esters is 1. The molecule has 0 saturated carbocycles. The maximum absolute atomic E-state index is 12.0. The van der Waals surface area contributed by atoms with Crippen molar-refractivity contribution in [1.82, 2.24) is 0 Å². The van der Waals surface area contributed by atoms with E-state index in [1.54, 1.807) is 12.1 Å². The molecule has 9 heteroatoms. The van der Waals surface area contributed by atoms with Crippen molar-refractivity contribution in [2.75, 3.05) is 6.79 Å². The predicted molar refractivity (Wildman–Crippen MR) is 84.8 cm³/mol. The molecular formula is C15H9Cl2NO6. The number of ether oxygens (including phenoxy) is 3. The van der Waals surface area contributed by atoms with Gasteiger partial charge in [-0.25, -0.2) is 4.79 Å². The van der Waals surface area contributed by atoms with Crippen LogP contribution in [0.25, 0.3) is 0 Å². The highest BCUT2D eigenvalue weighted by Crippen LogP contribution is 2.40. The van der Waals surface area contributed by atoms with Crippen LogP contribution in [0.4, 0.5) is 5.69 Å². The standard InChI is InChI=1S/C15H9Cl2NO6/c16-10-2-1-9(5-12(10)18(20)21)15(19)22-6-8-3-11(17)14-13(4-8)23-7-24-14/h1-5H,6-7H2. The molecule has 0 N–H and O–H groups in total. The summed E-state index contributed by atoms with van der Waals surface area (Å²) in [6, 6.07) is 6.92. The molecule has 0 atom stereocenters. The van der Waals surface area contributed by atoms with E-state index >= 15 is 0 Å². The number of fused-ring (bicyclic) bond motifs is 1. The van der Waals surface area contributed by atoms with Crippen LogP contribution in [-0.4, -0.2) is 17.7 Å². The van der Waals surface area contributed by atoms with E-state index in [4.69, 9.17) is 37.4 Å². The van der Waals surface area contributed by atoms with Crippen LogP contribution >= 0.6 is 23.2 Å². The van der Waals surface area contributed by atoms with Crippen molar-refractivity contribution in [3.05, 3.63) is 61.6 Å². The normalized spacial score (nSPS) is 12.1. The van der Waals surface area contributed by atoms with E-state index in [2.05, 4.69) is 0 Å². The summed E-state index contributed by atoms with van der Waals surface area (Å²) >= 11 is 11.8. The van der Waals surface area contributed by atoms with E-state index in [1.165, 1.54) is 12.1 Å². The molecule has 24 heavy (non-hydrogen) atoms. The van der Waals surface area contributed by atoms with Crippen LogP contribution in [0.5, 0.6) is 11.5 Å². The lowest BCUT2D eigenvalue weighted by Crippen LogP contribution is -2.06. The molecule has 0 aliphatic carbocycles. The van der Waals surface area contributed by atoms with E-state index in [1.807, 2.05) is 0 Å². The smallest absolute Gasteiger partial charge is 0.338 e. The highest BCUT2D eigenvalue weighted by molar-refractivity contribution is 6.33. The Morgan fingerprint density at radius 2 is 2.00 bits per heavy atom. The maximum atomic E-state index is 12.0. The second kappa shape index (κ2) is 6.54. The molecule has 124 valence electrons. The van der Waals surface area contributed by atoms with Gasteiger partial charge in [0.1, 0.15) is 11.6 Å². The van der Waals surface area contributed by atoms with Crippen molar-refractivity contribution in [2.45, 2.75) is 6.61 Å². The molecule has 0 spiro atoms. The zero-order valence-corrected chi connectivity index (χ0v) is 13.5. The fourth-order valence-corrected chi connectivity index (χ4v) is 2.59. The number of hydrogen-bond donors (Lipinski definition) is 0. The third kappa shape index (κ3) is 3.22. The fraction of sp³-hybridized carbons (Fsp3) is 0.133. The summed E-state index contributed by atoms with van der Waals surface area (Å²) in [5.74, 6) is 0.194. The highest BCUT2D eigenvalue weighted by Gasteiger charge is 2.20. The molecule has 1 aliphatic heterocycles. The van der Waals surface area contributed by atoms with E-state index in [-0.39, 0.29) is 29.7 Å². The molecule has 2 aromatic rings. The number of benzene rings is 2. The number of halogens is 2.